The van der Waals surface area contributed by atoms with Crippen molar-refractivity contribution < 1.29 is 14.3 Å². The zero-order chi connectivity index (χ0) is 18.4. The van der Waals surface area contributed by atoms with Crippen LogP contribution in [0.15, 0.2) is 18.3 Å². The van der Waals surface area contributed by atoms with Crippen LogP contribution >= 0.6 is 11.6 Å². The average molecular weight is 356 g/mol. The lowest BCUT2D eigenvalue weighted by molar-refractivity contribution is 0.0502. The summed E-state index contributed by atoms with van der Waals surface area (Å²) in [5.41, 5.74) is -0.709. The molecule has 1 rings (SSSR count). The monoisotopic (exact) mass is 355 g/mol. The van der Waals surface area contributed by atoms with Crippen LogP contribution in [-0.4, -0.2) is 34.7 Å². The van der Waals surface area contributed by atoms with Crippen molar-refractivity contribution in [1.82, 2.24) is 15.6 Å². The van der Waals surface area contributed by atoms with E-state index in [0.29, 0.717) is 23.6 Å². The summed E-state index contributed by atoms with van der Waals surface area (Å²) >= 11 is 5.74. The number of aromatic nitrogens is 1. The highest BCUT2D eigenvalue weighted by atomic mass is 35.5. The van der Waals surface area contributed by atoms with E-state index < -0.39 is 17.2 Å². The molecule has 0 fully saturated rings. The van der Waals surface area contributed by atoms with Gasteiger partial charge in [-0.25, -0.2) is 9.78 Å². The molecule has 6 nitrogen and oxygen atoms in total. The number of carbonyl (C=O) groups is 2. The molecule has 1 aromatic heterocycles. The van der Waals surface area contributed by atoms with E-state index in [1.807, 2.05) is 13.8 Å². The standard InChI is InChI=1S/C17H26ClN3O3/c1-6-17(7-2,11-20-15(23)24-16(3,4)5)21-14(22)12-8-9-13(18)19-10-12/h8-10H,6-7,11H2,1-5H3,(H,20,23)(H,21,22). The van der Waals surface area contributed by atoms with Crippen molar-refractivity contribution in [2.75, 3.05) is 6.54 Å². The van der Waals surface area contributed by atoms with E-state index in [-0.39, 0.29) is 12.5 Å². The van der Waals surface area contributed by atoms with Gasteiger partial charge in [-0.15, -0.1) is 0 Å². The minimum absolute atomic E-state index is 0.256. The van der Waals surface area contributed by atoms with Crippen LogP contribution in [0.1, 0.15) is 57.8 Å². The van der Waals surface area contributed by atoms with E-state index >= 15 is 0 Å². The van der Waals surface area contributed by atoms with Gasteiger partial charge >= 0.3 is 6.09 Å². The maximum absolute atomic E-state index is 12.4. The largest absolute Gasteiger partial charge is 0.444 e. The number of pyridine rings is 1. The predicted molar refractivity (Wildman–Crippen MR) is 94.3 cm³/mol. The molecular weight excluding hydrogens is 330 g/mol. The van der Waals surface area contributed by atoms with Crippen LogP contribution in [0.2, 0.25) is 5.15 Å². The summed E-state index contributed by atoms with van der Waals surface area (Å²) in [6.07, 6.45) is 2.24. The lowest BCUT2D eigenvalue weighted by Crippen LogP contribution is -2.55. The third-order valence-electron chi connectivity index (χ3n) is 3.69. The highest BCUT2D eigenvalue weighted by Crippen LogP contribution is 2.16. The van der Waals surface area contributed by atoms with Crippen molar-refractivity contribution in [2.24, 2.45) is 0 Å². The van der Waals surface area contributed by atoms with Gasteiger partial charge in [-0.2, -0.15) is 0 Å². The molecule has 0 aliphatic heterocycles. The van der Waals surface area contributed by atoms with E-state index in [1.54, 1.807) is 32.9 Å². The number of carbonyl (C=O) groups excluding carboxylic acids is 2. The quantitative estimate of drug-likeness (QED) is 0.765. The van der Waals surface area contributed by atoms with Crippen LogP contribution in [0.5, 0.6) is 0 Å². The third kappa shape index (κ3) is 6.35. The molecule has 0 aromatic carbocycles. The van der Waals surface area contributed by atoms with Crippen molar-refractivity contribution in [3.05, 3.63) is 29.0 Å². The van der Waals surface area contributed by atoms with E-state index in [0.717, 1.165) is 0 Å². The summed E-state index contributed by atoms with van der Waals surface area (Å²) in [6, 6.07) is 3.18. The summed E-state index contributed by atoms with van der Waals surface area (Å²) in [7, 11) is 0. The molecule has 0 aliphatic rings. The normalized spacial score (nSPS) is 11.8. The van der Waals surface area contributed by atoms with Crippen LogP contribution in [0.4, 0.5) is 4.79 Å². The first-order valence-corrected chi connectivity index (χ1v) is 8.39. The maximum atomic E-state index is 12.4. The van der Waals surface area contributed by atoms with E-state index in [9.17, 15) is 9.59 Å². The van der Waals surface area contributed by atoms with Crippen LogP contribution in [-0.2, 0) is 4.74 Å². The van der Waals surface area contributed by atoms with Gasteiger partial charge in [0.1, 0.15) is 10.8 Å². The Balaban J connectivity index is 2.75. The molecule has 7 heteroatoms. The lowest BCUT2D eigenvalue weighted by atomic mass is 9.92. The minimum Gasteiger partial charge on any atom is -0.444 e. The average Bonchev–Trinajstić information content (AvgIpc) is 2.50. The van der Waals surface area contributed by atoms with E-state index in [1.165, 1.54) is 6.20 Å². The third-order valence-corrected chi connectivity index (χ3v) is 3.92. The van der Waals surface area contributed by atoms with Gasteiger partial charge in [-0.3, -0.25) is 4.79 Å². The van der Waals surface area contributed by atoms with Crippen molar-refractivity contribution in [1.29, 1.82) is 0 Å². The van der Waals surface area contributed by atoms with Gasteiger partial charge < -0.3 is 15.4 Å². The fourth-order valence-corrected chi connectivity index (χ4v) is 2.21. The van der Waals surface area contributed by atoms with Crippen LogP contribution < -0.4 is 10.6 Å². The summed E-state index contributed by atoms with van der Waals surface area (Å²) in [5, 5.41) is 6.06. The molecular formula is C17H26ClN3O3. The predicted octanol–water partition coefficient (Wildman–Crippen LogP) is 3.55. The maximum Gasteiger partial charge on any atom is 0.407 e. The molecule has 134 valence electrons. The SMILES string of the molecule is CCC(CC)(CNC(=O)OC(C)(C)C)NC(=O)c1ccc(Cl)nc1. The molecule has 2 amide bonds. The number of hydrogen-bond acceptors (Lipinski definition) is 4. The molecule has 0 radical (unpaired) electrons. The van der Waals surface area contributed by atoms with E-state index in [2.05, 4.69) is 15.6 Å². The Morgan fingerprint density at radius 3 is 2.29 bits per heavy atom. The Hall–Kier alpha value is -1.82. The second kappa shape index (κ2) is 8.33. The van der Waals surface area contributed by atoms with Crippen molar-refractivity contribution in [2.45, 2.75) is 58.6 Å². The topological polar surface area (TPSA) is 80.3 Å². The Bertz CT molecular complexity index is 563. The Labute approximate surface area is 148 Å². The number of alkyl carbamates (subject to hydrolysis) is 1. The molecule has 0 saturated carbocycles. The second-order valence-electron chi connectivity index (χ2n) is 6.67. The zero-order valence-corrected chi connectivity index (χ0v) is 15.7. The molecule has 0 spiro atoms. The molecule has 0 saturated heterocycles. The van der Waals surface area contributed by atoms with Crippen LogP contribution in [0.3, 0.4) is 0 Å². The number of nitrogens with zero attached hydrogens (tertiary/aromatic N) is 1. The van der Waals surface area contributed by atoms with Crippen molar-refractivity contribution in [3.8, 4) is 0 Å². The Morgan fingerprint density at radius 1 is 1.21 bits per heavy atom. The number of nitrogens with one attached hydrogen (secondary N) is 2. The molecule has 0 aliphatic carbocycles. The molecule has 1 heterocycles. The summed E-state index contributed by atoms with van der Waals surface area (Å²) in [6.45, 7) is 9.60. The summed E-state index contributed by atoms with van der Waals surface area (Å²) < 4.78 is 5.24. The zero-order valence-electron chi connectivity index (χ0n) is 14.9. The van der Waals surface area contributed by atoms with Gasteiger partial charge in [0.2, 0.25) is 0 Å². The van der Waals surface area contributed by atoms with Gasteiger partial charge in [0.25, 0.3) is 5.91 Å². The fraction of sp³-hybridized carbons (Fsp3) is 0.588. The molecule has 0 atom stereocenters. The first-order valence-electron chi connectivity index (χ1n) is 8.02. The second-order valence-corrected chi connectivity index (χ2v) is 7.05. The number of rotatable bonds is 6. The number of amides is 2. The molecule has 24 heavy (non-hydrogen) atoms. The van der Waals surface area contributed by atoms with Gasteiger partial charge in [-0.05, 0) is 45.7 Å². The molecule has 0 unspecified atom stereocenters. The first kappa shape index (κ1) is 20.2. The van der Waals surface area contributed by atoms with Crippen molar-refractivity contribution in [3.63, 3.8) is 0 Å². The van der Waals surface area contributed by atoms with Gasteiger partial charge in [-0.1, -0.05) is 25.4 Å². The van der Waals surface area contributed by atoms with Gasteiger partial charge in [0, 0.05) is 12.7 Å². The number of hydrogen-bond donors (Lipinski definition) is 2. The summed E-state index contributed by atoms with van der Waals surface area (Å²) in [5.74, 6) is -0.256. The van der Waals surface area contributed by atoms with Gasteiger partial charge in [0.15, 0.2) is 0 Å². The molecule has 1 aromatic rings. The Morgan fingerprint density at radius 2 is 1.83 bits per heavy atom. The molecule has 0 bridgehead atoms. The summed E-state index contributed by atoms with van der Waals surface area (Å²) in [4.78, 5) is 28.2. The fourth-order valence-electron chi connectivity index (χ4n) is 2.10. The Kier molecular flexibility index (Phi) is 7.02. The van der Waals surface area contributed by atoms with Crippen LogP contribution in [0.25, 0.3) is 0 Å². The minimum atomic E-state index is -0.566. The molecule has 2 N–H and O–H groups in total. The highest BCUT2D eigenvalue weighted by molar-refractivity contribution is 6.29. The highest BCUT2D eigenvalue weighted by Gasteiger charge is 2.30. The lowest BCUT2D eigenvalue weighted by Gasteiger charge is -2.33. The van der Waals surface area contributed by atoms with E-state index in [4.69, 9.17) is 16.3 Å². The van der Waals surface area contributed by atoms with Crippen molar-refractivity contribution >= 4 is 23.6 Å². The van der Waals surface area contributed by atoms with Crippen LogP contribution in [0, 0.1) is 0 Å². The number of halogens is 1. The first-order chi connectivity index (χ1) is 11.1. The number of ether oxygens (including phenoxy) is 1. The van der Waals surface area contributed by atoms with Gasteiger partial charge in [0.05, 0.1) is 11.1 Å². The smallest absolute Gasteiger partial charge is 0.407 e.